The summed E-state index contributed by atoms with van der Waals surface area (Å²) in [6.45, 7) is 1.15. The van der Waals surface area contributed by atoms with Gasteiger partial charge in [0.2, 0.25) is 5.79 Å². The van der Waals surface area contributed by atoms with Crippen molar-refractivity contribution in [3.05, 3.63) is 11.6 Å². The fraction of sp³-hybridized carbons (Fsp3) is 0.864. The monoisotopic (exact) mass is 374 g/mol. The lowest BCUT2D eigenvalue weighted by molar-refractivity contribution is -0.225. The van der Waals surface area contributed by atoms with Crippen LogP contribution >= 0.6 is 0 Å². The molecule has 0 N–H and O–H groups in total. The number of carbonyl (C=O) groups is 1. The minimum absolute atomic E-state index is 0.240. The molecule has 5 heteroatoms. The molecule has 5 nitrogen and oxygen atoms in total. The van der Waals surface area contributed by atoms with Gasteiger partial charge in [0.05, 0.1) is 0 Å². The van der Waals surface area contributed by atoms with Gasteiger partial charge in [-0.1, -0.05) is 11.6 Å². The summed E-state index contributed by atoms with van der Waals surface area (Å²) < 4.78 is 24.0. The van der Waals surface area contributed by atoms with Crippen LogP contribution in [0, 0.1) is 35.5 Å². The molecule has 2 aliphatic heterocycles. The summed E-state index contributed by atoms with van der Waals surface area (Å²) in [6.07, 6.45) is 12.9. The number of aldehydes is 1. The summed E-state index contributed by atoms with van der Waals surface area (Å²) >= 11 is 0. The average molecular weight is 374 g/mol. The number of hydrogen-bond acceptors (Lipinski definition) is 5. The van der Waals surface area contributed by atoms with E-state index in [-0.39, 0.29) is 11.5 Å². The standard InChI is InChI=1S/C22H30O5/c23-10-14-1-2-15-3-4-16-17(19(15)9-14)5-6-20-18(16)7-8-21(20)22(27-13-25-21)11-24-12-26-22/h2,10,14,16-20H,1,3-9,11-13H2. The molecular formula is C22H30O5. The second kappa shape index (κ2) is 6.12. The van der Waals surface area contributed by atoms with Crippen LogP contribution in [0.25, 0.3) is 0 Å². The highest BCUT2D eigenvalue weighted by Crippen LogP contribution is 2.64. The molecule has 8 unspecified atom stereocenters. The fourth-order valence-electron chi connectivity index (χ4n) is 7.91. The van der Waals surface area contributed by atoms with Gasteiger partial charge in [-0.25, -0.2) is 0 Å². The normalized spacial score (nSPS) is 53.9. The summed E-state index contributed by atoms with van der Waals surface area (Å²) in [5, 5.41) is 0. The van der Waals surface area contributed by atoms with Gasteiger partial charge >= 0.3 is 0 Å². The van der Waals surface area contributed by atoms with Crippen molar-refractivity contribution in [2.24, 2.45) is 35.5 Å². The van der Waals surface area contributed by atoms with E-state index in [4.69, 9.17) is 18.9 Å². The Balaban J connectivity index is 1.29. The molecule has 6 rings (SSSR count). The molecule has 27 heavy (non-hydrogen) atoms. The third-order valence-corrected chi connectivity index (χ3v) is 8.99. The first-order valence-electron chi connectivity index (χ1n) is 10.9. The zero-order valence-corrected chi connectivity index (χ0v) is 15.9. The zero-order valence-electron chi connectivity index (χ0n) is 15.9. The fourth-order valence-corrected chi connectivity index (χ4v) is 7.91. The number of rotatable bonds is 1. The lowest BCUT2D eigenvalue weighted by atomic mass is 9.54. The Bertz CT molecular complexity index is 648. The molecule has 2 heterocycles. The van der Waals surface area contributed by atoms with E-state index in [0.717, 1.165) is 31.1 Å². The van der Waals surface area contributed by atoms with Gasteiger partial charge in [0.1, 0.15) is 18.5 Å². The maximum Gasteiger partial charge on any atom is 0.226 e. The van der Waals surface area contributed by atoms with E-state index in [1.54, 1.807) is 5.57 Å². The lowest BCUT2D eigenvalue weighted by Gasteiger charge is -2.52. The largest absolute Gasteiger partial charge is 0.350 e. The maximum atomic E-state index is 11.4. The summed E-state index contributed by atoms with van der Waals surface area (Å²) in [5.74, 6) is 2.94. The highest BCUT2D eigenvalue weighted by atomic mass is 16.9. The molecule has 2 spiro atoms. The Morgan fingerprint density at radius 2 is 1.93 bits per heavy atom. The number of hydrogen-bond donors (Lipinski definition) is 0. The zero-order chi connectivity index (χ0) is 18.1. The van der Waals surface area contributed by atoms with Gasteiger partial charge in [0, 0.05) is 5.92 Å². The minimum atomic E-state index is -0.674. The Hall–Kier alpha value is -0.750. The Labute approximate surface area is 160 Å². The molecule has 148 valence electrons. The van der Waals surface area contributed by atoms with Crippen LogP contribution in [0.3, 0.4) is 0 Å². The van der Waals surface area contributed by atoms with Gasteiger partial charge in [-0.15, -0.1) is 0 Å². The van der Waals surface area contributed by atoms with Gasteiger partial charge < -0.3 is 23.7 Å². The number of allylic oxidation sites excluding steroid dienone is 2. The van der Waals surface area contributed by atoms with Crippen LogP contribution in [0.1, 0.15) is 51.4 Å². The van der Waals surface area contributed by atoms with E-state index < -0.39 is 5.79 Å². The van der Waals surface area contributed by atoms with Crippen LogP contribution in [0.2, 0.25) is 0 Å². The molecule has 5 fully saturated rings. The van der Waals surface area contributed by atoms with Crippen molar-refractivity contribution in [3.63, 3.8) is 0 Å². The van der Waals surface area contributed by atoms with E-state index >= 15 is 0 Å². The second-order valence-electron chi connectivity index (χ2n) is 9.67. The third kappa shape index (κ3) is 2.23. The third-order valence-electron chi connectivity index (χ3n) is 8.99. The molecule has 0 radical (unpaired) electrons. The van der Waals surface area contributed by atoms with Gasteiger partial charge in [-0.3, -0.25) is 0 Å². The van der Waals surface area contributed by atoms with E-state index in [9.17, 15) is 4.79 Å². The molecule has 0 aromatic heterocycles. The summed E-state index contributed by atoms with van der Waals surface area (Å²) in [4.78, 5) is 11.4. The van der Waals surface area contributed by atoms with Crippen LogP contribution in [0.4, 0.5) is 0 Å². The quantitative estimate of drug-likeness (QED) is 0.520. The van der Waals surface area contributed by atoms with Crippen molar-refractivity contribution >= 4 is 6.29 Å². The summed E-state index contributed by atoms with van der Waals surface area (Å²) in [5.41, 5.74) is 1.35. The minimum Gasteiger partial charge on any atom is -0.350 e. The number of carbonyl (C=O) groups excluding carboxylic acids is 1. The first-order valence-corrected chi connectivity index (χ1v) is 10.9. The summed E-state index contributed by atoms with van der Waals surface area (Å²) in [7, 11) is 0. The molecule has 3 saturated carbocycles. The van der Waals surface area contributed by atoms with Crippen molar-refractivity contribution in [1.29, 1.82) is 0 Å². The first-order chi connectivity index (χ1) is 13.3. The predicted octanol–water partition coefficient (Wildman–Crippen LogP) is 3.43. The molecule has 0 bridgehead atoms. The molecule has 0 aromatic carbocycles. The van der Waals surface area contributed by atoms with Crippen molar-refractivity contribution < 1.29 is 23.7 Å². The Kier molecular flexibility index (Phi) is 3.89. The van der Waals surface area contributed by atoms with Crippen LogP contribution < -0.4 is 0 Å². The highest BCUT2D eigenvalue weighted by molar-refractivity contribution is 5.54. The van der Waals surface area contributed by atoms with Crippen molar-refractivity contribution in [2.75, 3.05) is 20.2 Å². The van der Waals surface area contributed by atoms with Crippen molar-refractivity contribution in [1.82, 2.24) is 0 Å². The predicted molar refractivity (Wildman–Crippen MR) is 96.4 cm³/mol. The number of fused-ring (bicyclic) bond motifs is 7. The average Bonchev–Trinajstić information content (AvgIpc) is 3.43. The topological polar surface area (TPSA) is 54.0 Å². The number of ether oxygens (including phenoxy) is 4. The highest BCUT2D eigenvalue weighted by Gasteiger charge is 2.70. The van der Waals surface area contributed by atoms with Crippen LogP contribution in [-0.4, -0.2) is 37.9 Å². The van der Waals surface area contributed by atoms with Crippen molar-refractivity contribution in [2.45, 2.75) is 62.8 Å². The molecule has 0 aromatic rings. The van der Waals surface area contributed by atoms with Crippen LogP contribution in [0.5, 0.6) is 0 Å². The van der Waals surface area contributed by atoms with E-state index in [0.29, 0.717) is 37.9 Å². The Morgan fingerprint density at radius 3 is 2.78 bits per heavy atom. The SMILES string of the molecule is O=CC1CC=C2CCC3C(CCC4C3CCC43OCOC34COCO4)C2C1. The first kappa shape index (κ1) is 17.1. The van der Waals surface area contributed by atoms with Crippen molar-refractivity contribution in [3.8, 4) is 0 Å². The molecule has 8 atom stereocenters. The van der Waals surface area contributed by atoms with Crippen LogP contribution in [-0.2, 0) is 23.7 Å². The molecule has 6 aliphatic rings. The van der Waals surface area contributed by atoms with Gasteiger partial charge in [0.15, 0.2) is 13.6 Å². The lowest BCUT2D eigenvalue weighted by Crippen LogP contribution is -2.58. The second-order valence-corrected chi connectivity index (χ2v) is 9.67. The van der Waals surface area contributed by atoms with E-state index in [2.05, 4.69) is 6.08 Å². The van der Waals surface area contributed by atoms with Crippen LogP contribution in [0.15, 0.2) is 11.6 Å². The smallest absolute Gasteiger partial charge is 0.226 e. The Morgan fingerprint density at radius 1 is 1.00 bits per heavy atom. The molecular weight excluding hydrogens is 344 g/mol. The molecule has 2 saturated heterocycles. The molecule has 0 amide bonds. The van der Waals surface area contributed by atoms with E-state index in [1.165, 1.54) is 38.4 Å². The summed E-state index contributed by atoms with van der Waals surface area (Å²) in [6, 6.07) is 0. The molecule has 4 aliphatic carbocycles. The van der Waals surface area contributed by atoms with E-state index in [1.807, 2.05) is 0 Å². The van der Waals surface area contributed by atoms with Gasteiger partial charge in [-0.05, 0) is 81.0 Å². The van der Waals surface area contributed by atoms with Gasteiger partial charge in [0.25, 0.3) is 0 Å². The van der Waals surface area contributed by atoms with Gasteiger partial charge in [-0.2, -0.15) is 0 Å². The maximum absolute atomic E-state index is 11.4.